The highest BCUT2D eigenvalue weighted by Crippen LogP contribution is 2.40. The molecule has 3 aromatic carbocycles. The van der Waals surface area contributed by atoms with Crippen molar-refractivity contribution in [3.8, 4) is 5.75 Å². The second-order valence-corrected chi connectivity index (χ2v) is 13.9. The second kappa shape index (κ2) is 16.4. The molecule has 3 aromatic rings. The molecule has 2 amide bonds. The number of carbonyl (C=O) groups is 2. The molecule has 6 rings (SSSR count). The number of hydrogen-bond acceptors (Lipinski definition) is 8. The molecule has 0 atom stereocenters. The summed E-state index contributed by atoms with van der Waals surface area (Å²) in [4.78, 5) is 39.1. The van der Waals surface area contributed by atoms with Gasteiger partial charge in [0.25, 0.3) is 0 Å². The zero-order valence-corrected chi connectivity index (χ0v) is 29.9. The molecule has 0 spiro atoms. The number of piperidine rings is 2. The van der Waals surface area contributed by atoms with Gasteiger partial charge in [-0.15, -0.1) is 0 Å². The molecule has 0 saturated carbocycles. The van der Waals surface area contributed by atoms with E-state index < -0.39 is 5.41 Å². The fourth-order valence-electron chi connectivity index (χ4n) is 8.09. The van der Waals surface area contributed by atoms with Gasteiger partial charge in [-0.05, 0) is 68.5 Å². The minimum absolute atomic E-state index is 0.0837. The molecule has 3 aliphatic heterocycles. The van der Waals surface area contributed by atoms with Crippen LogP contribution in [-0.4, -0.2) is 108 Å². The van der Waals surface area contributed by atoms with Crippen LogP contribution < -0.4 is 16.4 Å². The summed E-state index contributed by atoms with van der Waals surface area (Å²) in [6.45, 7) is 9.29. The summed E-state index contributed by atoms with van der Waals surface area (Å²) < 4.78 is 0. The van der Waals surface area contributed by atoms with Crippen molar-refractivity contribution in [1.29, 1.82) is 0 Å². The van der Waals surface area contributed by atoms with E-state index in [-0.39, 0.29) is 23.6 Å². The molecule has 51 heavy (non-hydrogen) atoms. The Bertz CT molecular complexity index is 1670. The number of para-hydroxylation sites is 2. The van der Waals surface area contributed by atoms with Crippen molar-refractivity contribution < 1.29 is 14.7 Å². The number of likely N-dealkylation sites (N-methyl/N-ethyl adjacent to an activating group) is 1. The molecular formula is C41H53N7O3. The Balaban J connectivity index is 1.08. The fraction of sp³-hybridized carbons (Fsp3) is 0.415. The van der Waals surface area contributed by atoms with E-state index in [1.807, 2.05) is 35.2 Å². The molecule has 10 heteroatoms. The van der Waals surface area contributed by atoms with E-state index in [4.69, 9.17) is 11.5 Å². The topological polar surface area (TPSA) is 123 Å². The minimum Gasteiger partial charge on any atom is -0.507 e. The van der Waals surface area contributed by atoms with Gasteiger partial charge in [-0.25, -0.2) is 0 Å². The van der Waals surface area contributed by atoms with E-state index in [2.05, 4.69) is 62.9 Å². The zero-order valence-electron chi connectivity index (χ0n) is 29.9. The Kier molecular flexibility index (Phi) is 11.5. The van der Waals surface area contributed by atoms with Crippen LogP contribution in [0.25, 0.3) is 5.70 Å². The van der Waals surface area contributed by atoms with Crippen molar-refractivity contribution in [3.63, 3.8) is 0 Å². The van der Waals surface area contributed by atoms with Gasteiger partial charge in [-0.1, -0.05) is 60.7 Å². The Morgan fingerprint density at radius 2 is 1.43 bits per heavy atom. The number of rotatable bonds is 10. The molecule has 3 fully saturated rings. The lowest BCUT2D eigenvalue weighted by molar-refractivity contribution is -0.143. The SMILES string of the molecule is CCN(C(=O)C1(c2ccccc2)CCN(C(/C=C(\N)c2ccccc2O)=C/N)CC1)C1CCN(C(=O)CN2CCN(c3ccccc3)CC2)CC1. The number of anilines is 1. The molecule has 0 aliphatic carbocycles. The van der Waals surface area contributed by atoms with Gasteiger partial charge >= 0.3 is 0 Å². The number of phenols is 1. The number of nitrogens with zero attached hydrogens (tertiary/aromatic N) is 5. The van der Waals surface area contributed by atoms with E-state index in [0.29, 0.717) is 63.4 Å². The number of amides is 2. The smallest absolute Gasteiger partial charge is 0.236 e. The number of aromatic hydroxyl groups is 1. The predicted octanol–water partition coefficient (Wildman–Crippen LogP) is 4.19. The molecule has 5 N–H and O–H groups in total. The van der Waals surface area contributed by atoms with Crippen LogP contribution >= 0.6 is 0 Å². The predicted molar refractivity (Wildman–Crippen MR) is 204 cm³/mol. The number of carbonyl (C=O) groups excluding carboxylic acids is 2. The molecule has 270 valence electrons. The van der Waals surface area contributed by atoms with Gasteiger partial charge in [-0.2, -0.15) is 0 Å². The van der Waals surface area contributed by atoms with Crippen molar-refractivity contribution in [1.82, 2.24) is 19.6 Å². The standard InChI is InChI=1S/C41H53N7O3/c1-2-48(34-17-21-47(22-18-34)39(50)31-44-25-27-46(28-26-44)33-13-7-4-8-14-33)40(51)41(32-11-5-3-6-12-32)19-23-45(24-20-41)35(30-42)29-37(43)36-15-9-10-16-38(36)49/h3-16,29-30,34,49H,2,17-28,31,42-43H2,1H3/b35-30+,37-29-. The molecule has 3 aliphatic rings. The monoisotopic (exact) mass is 691 g/mol. The van der Waals surface area contributed by atoms with Gasteiger partial charge in [0.05, 0.1) is 17.7 Å². The Hall–Kier alpha value is -4.96. The van der Waals surface area contributed by atoms with Gasteiger partial charge in [0.2, 0.25) is 11.8 Å². The van der Waals surface area contributed by atoms with Crippen LogP contribution in [0.1, 0.15) is 43.7 Å². The first kappa shape index (κ1) is 35.9. The second-order valence-electron chi connectivity index (χ2n) is 13.9. The minimum atomic E-state index is -0.671. The van der Waals surface area contributed by atoms with Gasteiger partial charge in [0, 0.05) is 88.1 Å². The van der Waals surface area contributed by atoms with Crippen LogP contribution in [0.4, 0.5) is 5.69 Å². The Labute approximate surface area is 302 Å². The molecule has 3 heterocycles. The van der Waals surface area contributed by atoms with Gasteiger partial charge in [0.15, 0.2) is 0 Å². The zero-order chi connectivity index (χ0) is 35.8. The largest absolute Gasteiger partial charge is 0.507 e. The first-order chi connectivity index (χ1) is 24.8. The van der Waals surface area contributed by atoms with E-state index in [9.17, 15) is 14.7 Å². The molecule has 0 unspecified atom stereocenters. The molecule has 0 aromatic heterocycles. The number of allylic oxidation sites excluding steroid dienone is 1. The number of piperazine rings is 1. The van der Waals surface area contributed by atoms with Crippen LogP contribution in [-0.2, 0) is 15.0 Å². The van der Waals surface area contributed by atoms with Crippen LogP contribution in [0, 0.1) is 0 Å². The number of phenolic OH excluding ortho intramolecular Hbond substituents is 1. The van der Waals surface area contributed by atoms with Crippen LogP contribution in [0.3, 0.4) is 0 Å². The third-order valence-corrected chi connectivity index (χ3v) is 11.1. The third-order valence-electron chi connectivity index (χ3n) is 11.1. The van der Waals surface area contributed by atoms with Crippen molar-refractivity contribution in [2.24, 2.45) is 11.5 Å². The third kappa shape index (κ3) is 8.01. The summed E-state index contributed by atoms with van der Waals surface area (Å²) in [5.74, 6) is 0.465. The van der Waals surface area contributed by atoms with Crippen molar-refractivity contribution in [2.45, 2.75) is 44.1 Å². The quantitative estimate of drug-likeness (QED) is 0.271. The average Bonchev–Trinajstić information content (AvgIpc) is 3.18. The van der Waals surface area contributed by atoms with E-state index in [1.165, 1.54) is 5.69 Å². The normalized spacial score (nSPS) is 19.2. The van der Waals surface area contributed by atoms with Crippen LogP contribution in [0.5, 0.6) is 5.75 Å². The number of likely N-dealkylation sites (tertiary alicyclic amines) is 2. The number of nitrogens with two attached hydrogens (primary N) is 2. The number of hydrogen-bond donors (Lipinski definition) is 3. The lowest BCUT2D eigenvalue weighted by Gasteiger charge is -2.47. The fourth-order valence-corrected chi connectivity index (χ4v) is 8.09. The molecule has 0 bridgehead atoms. The summed E-state index contributed by atoms with van der Waals surface area (Å²) >= 11 is 0. The summed E-state index contributed by atoms with van der Waals surface area (Å²) in [5, 5.41) is 10.3. The molecule has 10 nitrogen and oxygen atoms in total. The summed E-state index contributed by atoms with van der Waals surface area (Å²) in [6.07, 6.45) is 6.15. The molecular weight excluding hydrogens is 638 g/mol. The van der Waals surface area contributed by atoms with Gasteiger partial charge in [0.1, 0.15) is 5.75 Å². The number of benzene rings is 3. The Morgan fingerprint density at radius 1 is 0.824 bits per heavy atom. The van der Waals surface area contributed by atoms with Crippen LogP contribution in [0.2, 0.25) is 0 Å². The first-order valence-electron chi connectivity index (χ1n) is 18.4. The van der Waals surface area contributed by atoms with E-state index in [0.717, 1.165) is 50.3 Å². The first-order valence-corrected chi connectivity index (χ1v) is 18.4. The van der Waals surface area contributed by atoms with Gasteiger partial charge in [-0.3, -0.25) is 14.5 Å². The van der Waals surface area contributed by atoms with Crippen LogP contribution in [0.15, 0.2) is 103 Å². The maximum atomic E-state index is 14.8. The van der Waals surface area contributed by atoms with E-state index in [1.54, 1.807) is 30.5 Å². The maximum Gasteiger partial charge on any atom is 0.236 e. The van der Waals surface area contributed by atoms with Crippen molar-refractivity contribution in [3.05, 3.63) is 114 Å². The highest BCUT2D eigenvalue weighted by atomic mass is 16.3. The average molecular weight is 692 g/mol. The summed E-state index contributed by atoms with van der Waals surface area (Å²) in [5.41, 5.74) is 15.8. The van der Waals surface area contributed by atoms with Crippen molar-refractivity contribution >= 4 is 23.2 Å². The maximum absolute atomic E-state index is 14.8. The highest BCUT2D eigenvalue weighted by Gasteiger charge is 2.46. The van der Waals surface area contributed by atoms with Crippen molar-refractivity contribution in [2.75, 3.05) is 70.3 Å². The Morgan fingerprint density at radius 3 is 2.04 bits per heavy atom. The van der Waals surface area contributed by atoms with Gasteiger partial charge < -0.3 is 36.2 Å². The molecule has 3 saturated heterocycles. The summed E-state index contributed by atoms with van der Waals surface area (Å²) in [7, 11) is 0. The lowest BCUT2D eigenvalue weighted by Crippen LogP contribution is -2.57. The van der Waals surface area contributed by atoms with E-state index >= 15 is 0 Å². The lowest BCUT2D eigenvalue weighted by atomic mass is 9.71. The molecule has 0 radical (unpaired) electrons. The summed E-state index contributed by atoms with van der Waals surface area (Å²) in [6, 6.07) is 27.7. The highest BCUT2D eigenvalue weighted by molar-refractivity contribution is 5.89.